The fourth-order valence-corrected chi connectivity index (χ4v) is 1.08. The van der Waals surface area contributed by atoms with E-state index in [1.54, 1.807) is 0 Å². The summed E-state index contributed by atoms with van der Waals surface area (Å²) in [5.41, 5.74) is 11.3. The molecule has 0 bridgehead atoms. The van der Waals surface area contributed by atoms with Crippen molar-refractivity contribution in [1.29, 1.82) is 0 Å². The molecule has 0 saturated heterocycles. The summed E-state index contributed by atoms with van der Waals surface area (Å²) in [6.07, 6.45) is -0.0633. The Balaban J connectivity index is 2.85. The molecule has 14 heavy (non-hydrogen) atoms. The van der Waals surface area contributed by atoms with Crippen LogP contribution in [0.1, 0.15) is 5.56 Å². The lowest BCUT2D eigenvalue weighted by Gasteiger charge is -2.07. The van der Waals surface area contributed by atoms with Gasteiger partial charge in [0.15, 0.2) is 0 Å². The van der Waals surface area contributed by atoms with Gasteiger partial charge in [-0.25, -0.2) is 4.39 Å². The number of benzene rings is 1. The predicted molar refractivity (Wildman–Crippen MR) is 50.1 cm³/mol. The minimum atomic E-state index is -1.16. The molecule has 0 saturated carbocycles. The molecule has 0 aliphatic heterocycles. The van der Waals surface area contributed by atoms with Crippen molar-refractivity contribution in [2.45, 2.75) is 12.5 Å². The highest BCUT2D eigenvalue weighted by atomic mass is 19.1. The summed E-state index contributed by atoms with van der Waals surface area (Å²) in [6, 6.07) is 2.88. The third-order valence-electron chi connectivity index (χ3n) is 1.83. The largest absolute Gasteiger partial charge is 0.480 e. The van der Waals surface area contributed by atoms with Gasteiger partial charge in [0.1, 0.15) is 11.9 Å². The summed E-state index contributed by atoms with van der Waals surface area (Å²) < 4.78 is 13.1. The fourth-order valence-electron chi connectivity index (χ4n) is 1.08. The van der Waals surface area contributed by atoms with Crippen LogP contribution in [0, 0.1) is 5.82 Å². The van der Waals surface area contributed by atoms with Crippen molar-refractivity contribution in [3.63, 3.8) is 0 Å². The van der Waals surface area contributed by atoms with Crippen LogP contribution in [0.25, 0.3) is 0 Å². The first-order valence-corrected chi connectivity index (χ1v) is 4.03. The quantitative estimate of drug-likeness (QED) is 0.612. The number of carbonyl (C=O) groups is 1. The standard InChI is InChI=1S/C9H11FN2O2/c10-7-2-1-6(11)3-5(7)4-8(12)9(13)14/h1-3,8H,4,11-12H2,(H,13,14)/t8-/m1/s1. The highest BCUT2D eigenvalue weighted by molar-refractivity contribution is 5.73. The summed E-state index contributed by atoms with van der Waals surface area (Å²) >= 11 is 0. The summed E-state index contributed by atoms with van der Waals surface area (Å²) in [5, 5.41) is 8.52. The highest BCUT2D eigenvalue weighted by Gasteiger charge is 2.14. The number of hydrogen-bond donors (Lipinski definition) is 3. The van der Waals surface area contributed by atoms with Crippen LogP contribution in [0.5, 0.6) is 0 Å². The summed E-state index contributed by atoms with van der Waals surface area (Å²) in [6.45, 7) is 0. The topological polar surface area (TPSA) is 89.3 Å². The van der Waals surface area contributed by atoms with Gasteiger partial charge >= 0.3 is 5.97 Å². The van der Waals surface area contributed by atoms with Crippen molar-refractivity contribution in [3.05, 3.63) is 29.6 Å². The molecule has 0 heterocycles. The maximum absolute atomic E-state index is 13.1. The van der Waals surface area contributed by atoms with Crippen molar-refractivity contribution in [2.24, 2.45) is 5.73 Å². The van der Waals surface area contributed by atoms with Gasteiger partial charge in [-0.15, -0.1) is 0 Å². The molecule has 76 valence electrons. The maximum atomic E-state index is 13.1. The third kappa shape index (κ3) is 2.43. The lowest BCUT2D eigenvalue weighted by Crippen LogP contribution is -2.32. The van der Waals surface area contributed by atoms with E-state index in [0.717, 1.165) is 0 Å². The third-order valence-corrected chi connectivity index (χ3v) is 1.83. The van der Waals surface area contributed by atoms with Crippen LogP contribution in [0.2, 0.25) is 0 Å². The van der Waals surface area contributed by atoms with Crippen LogP contribution in [-0.2, 0) is 11.2 Å². The van der Waals surface area contributed by atoms with Gasteiger partial charge < -0.3 is 16.6 Å². The number of hydrogen-bond acceptors (Lipinski definition) is 3. The molecule has 1 aromatic carbocycles. The second-order valence-corrected chi connectivity index (χ2v) is 3.00. The molecule has 0 fully saturated rings. The van der Waals surface area contributed by atoms with Gasteiger partial charge in [0.05, 0.1) is 0 Å². The summed E-state index contributed by atoms with van der Waals surface area (Å²) in [5.74, 6) is -1.65. The van der Waals surface area contributed by atoms with Gasteiger partial charge in [0.2, 0.25) is 0 Å². The number of anilines is 1. The smallest absolute Gasteiger partial charge is 0.320 e. The molecule has 5 heteroatoms. The van der Waals surface area contributed by atoms with Crippen molar-refractivity contribution >= 4 is 11.7 Å². The zero-order valence-corrected chi connectivity index (χ0v) is 7.40. The summed E-state index contributed by atoms with van der Waals surface area (Å²) in [7, 11) is 0. The number of carboxylic acid groups (broad SMARTS) is 1. The van der Waals surface area contributed by atoms with Gasteiger partial charge in [-0.2, -0.15) is 0 Å². The zero-order valence-electron chi connectivity index (χ0n) is 7.40. The van der Waals surface area contributed by atoms with Crippen molar-refractivity contribution in [1.82, 2.24) is 0 Å². The van der Waals surface area contributed by atoms with E-state index in [1.165, 1.54) is 18.2 Å². The van der Waals surface area contributed by atoms with Crippen LogP contribution < -0.4 is 11.5 Å². The lowest BCUT2D eigenvalue weighted by atomic mass is 10.1. The molecule has 4 nitrogen and oxygen atoms in total. The van der Waals surface area contributed by atoms with E-state index in [4.69, 9.17) is 16.6 Å². The first-order valence-electron chi connectivity index (χ1n) is 4.03. The van der Waals surface area contributed by atoms with Gasteiger partial charge in [-0.05, 0) is 23.8 Å². The van der Waals surface area contributed by atoms with Crippen LogP contribution in [0.3, 0.4) is 0 Å². The average Bonchev–Trinajstić information content (AvgIpc) is 2.11. The van der Waals surface area contributed by atoms with Gasteiger partial charge in [-0.3, -0.25) is 4.79 Å². The normalized spacial score (nSPS) is 12.4. The van der Waals surface area contributed by atoms with Gasteiger partial charge in [-0.1, -0.05) is 0 Å². The first kappa shape index (κ1) is 10.5. The molecule has 1 atom stereocenters. The molecule has 0 aromatic heterocycles. The van der Waals surface area contributed by atoms with E-state index in [9.17, 15) is 9.18 Å². The SMILES string of the molecule is Nc1ccc(F)c(C[C@@H](N)C(=O)O)c1. The Labute approximate surface area is 80.3 Å². The van der Waals surface area contributed by atoms with E-state index in [-0.39, 0.29) is 12.0 Å². The Morgan fingerprint density at radius 3 is 2.79 bits per heavy atom. The molecule has 5 N–H and O–H groups in total. The maximum Gasteiger partial charge on any atom is 0.320 e. The van der Waals surface area contributed by atoms with E-state index in [2.05, 4.69) is 0 Å². The number of nitrogens with two attached hydrogens (primary N) is 2. The lowest BCUT2D eigenvalue weighted by molar-refractivity contribution is -0.138. The Morgan fingerprint density at radius 1 is 1.57 bits per heavy atom. The second kappa shape index (κ2) is 4.06. The Hall–Kier alpha value is -1.62. The molecule has 0 spiro atoms. The molecular weight excluding hydrogens is 187 g/mol. The van der Waals surface area contributed by atoms with Crippen LogP contribution in [0.15, 0.2) is 18.2 Å². The van der Waals surface area contributed by atoms with E-state index >= 15 is 0 Å². The highest BCUT2D eigenvalue weighted by Crippen LogP contribution is 2.13. The van der Waals surface area contributed by atoms with Crippen molar-refractivity contribution in [3.8, 4) is 0 Å². The number of nitrogen functional groups attached to an aromatic ring is 1. The van der Waals surface area contributed by atoms with E-state index in [0.29, 0.717) is 5.69 Å². The Bertz CT molecular complexity index is 355. The molecule has 0 amide bonds. The van der Waals surface area contributed by atoms with Crippen molar-refractivity contribution in [2.75, 3.05) is 5.73 Å². The zero-order chi connectivity index (χ0) is 10.7. The molecule has 0 aliphatic rings. The van der Waals surface area contributed by atoms with Crippen LogP contribution >= 0.6 is 0 Å². The molecule has 0 radical (unpaired) electrons. The second-order valence-electron chi connectivity index (χ2n) is 3.00. The van der Waals surface area contributed by atoms with E-state index in [1.807, 2.05) is 0 Å². The molecule has 0 unspecified atom stereocenters. The first-order chi connectivity index (χ1) is 6.50. The minimum absolute atomic E-state index is 0.0633. The van der Waals surface area contributed by atoms with Gasteiger partial charge in [0.25, 0.3) is 0 Å². The molecule has 1 aromatic rings. The molecule has 1 rings (SSSR count). The predicted octanol–water partition coefficient (Wildman–Crippen LogP) is 0.362. The number of carboxylic acids is 1. The number of aliphatic carboxylic acids is 1. The van der Waals surface area contributed by atoms with E-state index < -0.39 is 17.8 Å². The van der Waals surface area contributed by atoms with Crippen LogP contribution in [0.4, 0.5) is 10.1 Å². The molecular formula is C9H11FN2O2. The Kier molecular flexibility index (Phi) is 3.03. The minimum Gasteiger partial charge on any atom is -0.480 e. The Morgan fingerprint density at radius 2 is 2.21 bits per heavy atom. The van der Waals surface area contributed by atoms with Crippen LogP contribution in [-0.4, -0.2) is 17.1 Å². The average molecular weight is 198 g/mol. The fraction of sp³-hybridized carbons (Fsp3) is 0.222. The monoisotopic (exact) mass is 198 g/mol. The van der Waals surface area contributed by atoms with Gasteiger partial charge in [0, 0.05) is 12.1 Å². The molecule has 0 aliphatic carbocycles. The summed E-state index contributed by atoms with van der Waals surface area (Å²) in [4.78, 5) is 10.4. The van der Waals surface area contributed by atoms with Crippen molar-refractivity contribution < 1.29 is 14.3 Å². The number of rotatable bonds is 3. The number of halogens is 1.